The molecule has 0 radical (unpaired) electrons. The highest BCUT2D eigenvalue weighted by atomic mass is 32.2. The number of rotatable bonds is 6. The Kier molecular flexibility index (Phi) is 4.35. The maximum atomic E-state index is 11.9. The highest BCUT2D eigenvalue weighted by Crippen LogP contribution is 2.08. The molecular weight excluding hydrogens is 280 g/mol. The SMILES string of the molecule is Cc1noc(CCNS(=O)(=O)Cc2ccc(N)cc2)n1. The predicted octanol–water partition coefficient (Wildman–Crippen LogP) is 0.622. The van der Waals surface area contributed by atoms with Crippen molar-refractivity contribution in [2.24, 2.45) is 0 Å². The third kappa shape index (κ3) is 4.32. The van der Waals surface area contributed by atoms with Crippen LogP contribution in [0.2, 0.25) is 0 Å². The monoisotopic (exact) mass is 296 g/mol. The summed E-state index contributed by atoms with van der Waals surface area (Å²) < 4.78 is 31.1. The molecule has 0 atom stereocenters. The topological polar surface area (TPSA) is 111 Å². The normalized spacial score (nSPS) is 11.7. The first-order valence-electron chi connectivity index (χ1n) is 6.05. The Hall–Kier alpha value is -1.93. The number of sulfonamides is 1. The average molecular weight is 296 g/mol. The van der Waals surface area contributed by atoms with Gasteiger partial charge in [-0.3, -0.25) is 0 Å². The zero-order valence-electron chi connectivity index (χ0n) is 11.0. The third-order valence-electron chi connectivity index (χ3n) is 2.57. The van der Waals surface area contributed by atoms with Crippen molar-refractivity contribution in [1.82, 2.24) is 14.9 Å². The molecule has 108 valence electrons. The maximum absolute atomic E-state index is 11.9. The molecule has 7 nitrogen and oxygen atoms in total. The van der Waals surface area contributed by atoms with Gasteiger partial charge in [-0.05, 0) is 24.6 Å². The second-order valence-electron chi connectivity index (χ2n) is 4.38. The second-order valence-corrected chi connectivity index (χ2v) is 6.19. The van der Waals surface area contributed by atoms with Gasteiger partial charge in [-0.1, -0.05) is 17.3 Å². The summed E-state index contributed by atoms with van der Waals surface area (Å²) in [5.74, 6) is 0.860. The summed E-state index contributed by atoms with van der Waals surface area (Å²) in [4.78, 5) is 4.00. The smallest absolute Gasteiger partial charge is 0.227 e. The molecule has 2 aromatic rings. The van der Waals surface area contributed by atoms with E-state index in [1.165, 1.54) is 0 Å². The summed E-state index contributed by atoms with van der Waals surface area (Å²) in [6.45, 7) is 1.93. The molecule has 1 aromatic carbocycles. The van der Waals surface area contributed by atoms with Gasteiger partial charge in [-0.25, -0.2) is 13.1 Å². The van der Waals surface area contributed by atoms with E-state index in [1.807, 2.05) is 0 Å². The maximum Gasteiger partial charge on any atom is 0.227 e. The largest absolute Gasteiger partial charge is 0.399 e. The van der Waals surface area contributed by atoms with Gasteiger partial charge in [0.1, 0.15) is 0 Å². The van der Waals surface area contributed by atoms with E-state index in [1.54, 1.807) is 31.2 Å². The highest BCUT2D eigenvalue weighted by Gasteiger charge is 2.12. The fourth-order valence-electron chi connectivity index (χ4n) is 1.64. The van der Waals surface area contributed by atoms with Gasteiger partial charge < -0.3 is 10.3 Å². The molecule has 0 aliphatic heterocycles. The lowest BCUT2D eigenvalue weighted by Crippen LogP contribution is -2.27. The van der Waals surface area contributed by atoms with E-state index in [0.29, 0.717) is 29.4 Å². The van der Waals surface area contributed by atoms with Crippen LogP contribution in [0.3, 0.4) is 0 Å². The standard InChI is InChI=1S/C12H16N4O3S/c1-9-15-12(19-16-9)6-7-14-20(17,18)8-10-2-4-11(13)5-3-10/h2-5,14H,6-8,13H2,1H3. The first-order valence-corrected chi connectivity index (χ1v) is 7.71. The molecule has 0 aliphatic rings. The van der Waals surface area contributed by atoms with Crippen molar-refractivity contribution in [2.75, 3.05) is 12.3 Å². The number of anilines is 1. The summed E-state index contributed by atoms with van der Waals surface area (Å²) in [7, 11) is -3.39. The Balaban J connectivity index is 1.86. The quantitative estimate of drug-likeness (QED) is 0.756. The lowest BCUT2D eigenvalue weighted by molar-refractivity contribution is 0.375. The van der Waals surface area contributed by atoms with Crippen LogP contribution in [-0.4, -0.2) is 25.1 Å². The average Bonchev–Trinajstić information content (AvgIpc) is 2.77. The number of hydrogen-bond donors (Lipinski definition) is 2. The van der Waals surface area contributed by atoms with E-state index in [4.69, 9.17) is 10.3 Å². The van der Waals surface area contributed by atoms with Gasteiger partial charge in [0.15, 0.2) is 5.82 Å². The van der Waals surface area contributed by atoms with Crippen molar-refractivity contribution < 1.29 is 12.9 Å². The van der Waals surface area contributed by atoms with Gasteiger partial charge in [0.05, 0.1) is 5.75 Å². The Morgan fingerprint density at radius 2 is 2.00 bits per heavy atom. The van der Waals surface area contributed by atoms with Gasteiger partial charge in [0.2, 0.25) is 15.9 Å². The second kappa shape index (κ2) is 6.02. The molecular formula is C12H16N4O3S. The number of benzene rings is 1. The Bertz CT molecular complexity index is 664. The van der Waals surface area contributed by atoms with Gasteiger partial charge >= 0.3 is 0 Å². The molecule has 20 heavy (non-hydrogen) atoms. The summed E-state index contributed by atoms with van der Waals surface area (Å²) in [5.41, 5.74) is 6.83. The molecule has 3 N–H and O–H groups in total. The molecule has 0 bridgehead atoms. The van der Waals surface area contributed by atoms with E-state index >= 15 is 0 Å². The predicted molar refractivity (Wildman–Crippen MR) is 74.2 cm³/mol. The molecule has 0 aliphatic carbocycles. The molecule has 8 heteroatoms. The summed E-state index contributed by atoms with van der Waals surface area (Å²) >= 11 is 0. The van der Waals surface area contributed by atoms with Crippen LogP contribution in [0.25, 0.3) is 0 Å². The van der Waals surface area contributed by atoms with E-state index in [2.05, 4.69) is 14.9 Å². The number of nitrogens with zero attached hydrogens (tertiary/aromatic N) is 2. The number of nitrogens with two attached hydrogens (primary N) is 1. The lowest BCUT2D eigenvalue weighted by atomic mass is 10.2. The van der Waals surface area contributed by atoms with Crippen molar-refractivity contribution in [3.8, 4) is 0 Å². The minimum atomic E-state index is -3.39. The summed E-state index contributed by atoms with van der Waals surface area (Å²) in [6.07, 6.45) is 0.363. The van der Waals surface area contributed by atoms with Gasteiger partial charge in [0, 0.05) is 18.7 Å². The summed E-state index contributed by atoms with van der Waals surface area (Å²) in [6, 6.07) is 6.73. The van der Waals surface area contributed by atoms with Crippen LogP contribution in [0, 0.1) is 6.92 Å². The van der Waals surface area contributed by atoms with Crippen LogP contribution in [0.4, 0.5) is 5.69 Å². The third-order valence-corrected chi connectivity index (χ3v) is 3.92. The van der Waals surface area contributed by atoms with E-state index in [9.17, 15) is 8.42 Å². The van der Waals surface area contributed by atoms with Crippen LogP contribution >= 0.6 is 0 Å². The first-order chi connectivity index (χ1) is 9.44. The van der Waals surface area contributed by atoms with Crippen LogP contribution < -0.4 is 10.5 Å². The van der Waals surface area contributed by atoms with Gasteiger partial charge in [-0.2, -0.15) is 4.98 Å². The van der Waals surface area contributed by atoms with E-state index < -0.39 is 10.0 Å². The van der Waals surface area contributed by atoms with Crippen molar-refractivity contribution in [1.29, 1.82) is 0 Å². The molecule has 0 unspecified atom stereocenters. The minimum Gasteiger partial charge on any atom is -0.399 e. The Labute approximate surface area is 117 Å². The Morgan fingerprint density at radius 3 is 2.60 bits per heavy atom. The number of nitrogens with one attached hydrogen (secondary N) is 1. The van der Waals surface area contributed by atoms with E-state index in [-0.39, 0.29) is 12.3 Å². The van der Waals surface area contributed by atoms with Crippen molar-refractivity contribution in [3.05, 3.63) is 41.5 Å². The van der Waals surface area contributed by atoms with Crippen molar-refractivity contribution >= 4 is 15.7 Å². The number of aryl methyl sites for hydroxylation is 1. The molecule has 1 aromatic heterocycles. The highest BCUT2D eigenvalue weighted by molar-refractivity contribution is 7.88. The number of aromatic nitrogens is 2. The minimum absolute atomic E-state index is 0.0872. The fourth-order valence-corrected chi connectivity index (χ4v) is 2.79. The fraction of sp³-hybridized carbons (Fsp3) is 0.333. The molecule has 0 fully saturated rings. The van der Waals surface area contributed by atoms with Crippen LogP contribution in [-0.2, 0) is 22.2 Å². The first kappa shape index (κ1) is 14.5. The number of nitrogen functional groups attached to an aromatic ring is 1. The Morgan fingerprint density at radius 1 is 1.30 bits per heavy atom. The van der Waals surface area contributed by atoms with E-state index in [0.717, 1.165) is 0 Å². The lowest BCUT2D eigenvalue weighted by Gasteiger charge is -2.05. The van der Waals surface area contributed by atoms with Crippen molar-refractivity contribution in [3.63, 3.8) is 0 Å². The zero-order valence-corrected chi connectivity index (χ0v) is 11.9. The summed E-state index contributed by atoms with van der Waals surface area (Å²) in [5, 5.41) is 3.63. The molecule has 1 heterocycles. The van der Waals surface area contributed by atoms with Gasteiger partial charge in [-0.15, -0.1) is 0 Å². The van der Waals surface area contributed by atoms with Crippen LogP contribution in [0.5, 0.6) is 0 Å². The van der Waals surface area contributed by atoms with Crippen LogP contribution in [0.15, 0.2) is 28.8 Å². The zero-order chi connectivity index (χ0) is 14.6. The number of hydrogen-bond acceptors (Lipinski definition) is 6. The molecule has 0 saturated carbocycles. The molecule has 2 rings (SSSR count). The molecule has 0 amide bonds. The molecule has 0 saturated heterocycles. The molecule has 0 spiro atoms. The van der Waals surface area contributed by atoms with Crippen molar-refractivity contribution in [2.45, 2.75) is 19.1 Å². The van der Waals surface area contributed by atoms with Crippen LogP contribution in [0.1, 0.15) is 17.3 Å². The van der Waals surface area contributed by atoms with Gasteiger partial charge in [0.25, 0.3) is 0 Å².